The van der Waals surface area contributed by atoms with Crippen LogP contribution < -0.4 is 20.1 Å². The quantitative estimate of drug-likeness (QED) is 0.707. The van der Waals surface area contributed by atoms with Crippen LogP contribution in [0.3, 0.4) is 0 Å². The van der Waals surface area contributed by atoms with Crippen molar-refractivity contribution in [2.75, 3.05) is 40.4 Å². The Bertz CT molecular complexity index is 571. The zero-order valence-electron chi connectivity index (χ0n) is 16.5. The van der Waals surface area contributed by atoms with E-state index in [-0.39, 0.29) is 12.1 Å². The molecule has 6 nitrogen and oxygen atoms in total. The summed E-state index contributed by atoms with van der Waals surface area (Å²) in [4.78, 5) is 14.5. The van der Waals surface area contributed by atoms with Gasteiger partial charge in [0, 0.05) is 13.1 Å². The Morgan fingerprint density at radius 3 is 2.42 bits per heavy atom. The Balaban J connectivity index is 2.03. The lowest BCUT2D eigenvalue weighted by molar-refractivity contribution is 0.220. The molecule has 0 saturated carbocycles. The van der Waals surface area contributed by atoms with Crippen LogP contribution in [0.5, 0.6) is 11.5 Å². The van der Waals surface area contributed by atoms with Gasteiger partial charge in [0.1, 0.15) is 0 Å². The minimum Gasteiger partial charge on any atom is -0.493 e. The maximum atomic E-state index is 12.1. The van der Waals surface area contributed by atoms with Crippen molar-refractivity contribution in [3.63, 3.8) is 0 Å². The van der Waals surface area contributed by atoms with Crippen molar-refractivity contribution in [1.82, 2.24) is 15.5 Å². The number of methoxy groups -OCH3 is 2. The molecule has 1 aliphatic rings. The molecule has 1 unspecified atom stereocenters. The van der Waals surface area contributed by atoms with Crippen molar-refractivity contribution >= 4 is 6.03 Å². The number of nitrogens with one attached hydrogen (secondary N) is 2. The van der Waals surface area contributed by atoms with Gasteiger partial charge < -0.3 is 20.1 Å². The van der Waals surface area contributed by atoms with E-state index in [2.05, 4.69) is 35.4 Å². The number of urea groups is 1. The summed E-state index contributed by atoms with van der Waals surface area (Å²) in [5, 5.41) is 5.97. The van der Waals surface area contributed by atoms with Gasteiger partial charge in [-0.3, -0.25) is 4.90 Å². The second-order valence-electron chi connectivity index (χ2n) is 7.19. The van der Waals surface area contributed by atoms with Crippen molar-refractivity contribution in [2.24, 2.45) is 5.92 Å². The topological polar surface area (TPSA) is 62.8 Å². The highest BCUT2D eigenvalue weighted by atomic mass is 16.5. The van der Waals surface area contributed by atoms with E-state index in [0.717, 1.165) is 36.6 Å². The summed E-state index contributed by atoms with van der Waals surface area (Å²) in [7, 11) is 3.28. The van der Waals surface area contributed by atoms with E-state index >= 15 is 0 Å². The summed E-state index contributed by atoms with van der Waals surface area (Å²) in [5.41, 5.74) is 1.13. The molecule has 2 rings (SSSR count). The normalized spacial score (nSPS) is 15.7. The predicted molar refractivity (Wildman–Crippen MR) is 104 cm³/mol. The molecule has 2 amide bonds. The fraction of sp³-hybridized carbons (Fsp3) is 0.650. The zero-order chi connectivity index (χ0) is 18.9. The van der Waals surface area contributed by atoms with Gasteiger partial charge in [0.2, 0.25) is 0 Å². The Morgan fingerprint density at radius 2 is 1.81 bits per heavy atom. The van der Waals surface area contributed by atoms with E-state index in [1.165, 1.54) is 12.8 Å². The van der Waals surface area contributed by atoms with Crippen LogP contribution in [-0.2, 0) is 0 Å². The van der Waals surface area contributed by atoms with Gasteiger partial charge in [-0.25, -0.2) is 4.79 Å². The van der Waals surface area contributed by atoms with E-state index in [4.69, 9.17) is 9.47 Å². The first-order valence-electron chi connectivity index (χ1n) is 9.52. The van der Waals surface area contributed by atoms with Crippen LogP contribution in [-0.4, -0.2) is 51.3 Å². The van der Waals surface area contributed by atoms with Gasteiger partial charge in [0.05, 0.1) is 20.3 Å². The van der Waals surface area contributed by atoms with Crippen LogP contribution in [0.2, 0.25) is 0 Å². The molecule has 0 aromatic heterocycles. The zero-order valence-corrected chi connectivity index (χ0v) is 16.5. The van der Waals surface area contributed by atoms with Crippen LogP contribution in [0.15, 0.2) is 18.2 Å². The number of carbonyl (C=O) groups is 1. The van der Waals surface area contributed by atoms with Gasteiger partial charge in [0.25, 0.3) is 0 Å². The number of carbonyl (C=O) groups excluding carboxylic acids is 1. The largest absolute Gasteiger partial charge is 0.493 e. The number of ether oxygens (including phenoxy) is 2. The highest BCUT2D eigenvalue weighted by Gasteiger charge is 2.25. The summed E-state index contributed by atoms with van der Waals surface area (Å²) in [6.45, 7) is 7.68. The molecule has 26 heavy (non-hydrogen) atoms. The molecule has 0 aliphatic carbocycles. The second kappa shape index (κ2) is 10.3. The fourth-order valence-corrected chi connectivity index (χ4v) is 3.30. The first kappa shape index (κ1) is 20.4. The fourth-order valence-electron chi connectivity index (χ4n) is 3.30. The molecule has 1 saturated heterocycles. The lowest BCUT2D eigenvalue weighted by Crippen LogP contribution is -2.42. The molecule has 0 spiro atoms. The van der Waals surface area contributed by atoms with E-state index in [9.17, 15) is 4.79 Å². The van der Waals surface area contributed by atoms with Crippen LogP contribution in [0.1, 0.15) is 44.7 Å². The average molecular weight is 364 g/mol. The van der Waals surface area contributed by atoms with Crippen LogP contribution >= 0.6 is 0 Å². The number of nitrogens with zero attached hydrogens (tertiary/aromatic N) is 1. The predicted octanol–water partition coefficient (Wildman–Crippen LogP) is 3.19. The first-order valence-corrected chi connectivity index (χ1v) is 9.52. The summed E-state index contributed by atoms with van der Waals surface area (Å²) in [5.74, 6) is 2.02. The summed E-state index contributed by atoms with van der Waals surface area (Å²) >= 11 is 0. The van der Waals surface area contributed by atoms with E-state index in [1.54, 1.807) is 14.2 Å². The maximum Gasteiger partial charge on any atom is 0.314 e. The van der Waals surface area contributed by atoms with Gasteiger partial charge in [-0.05, 0) is 56.0 Å². The summed E-state index contributed by atoms with van der Waals surface area (Å²) in [6.07, 6.45) is 3.38. The molecule has 1 aromatic carbocycles. The smallest absolute Gasteiger partial charge is 0.314 e. The van der Waals surface area contributed by atoms with Crippen molar-refractivity contribution in [3.8, 4) is 11.5 Å². The molecular formula is C20H33N3O3. The molecular weight excluding hydrogens is 330 g/mol. The Labute approximate surface area is 157 Å². The number of amides is 2. The minimum atomic E-state index is -0.102. The SMILES string of the molecule is COc1ccc(C(CNC(=O)NCCC(C)C)N2CCCC2)cc1OC. The molecule has 1 aliphatic heterocycles. The van der Waals surface area contributed by atoms with E-state index in [1.807, 2.05) is 12.1 Å². The van der Waals surface area contributed by atoms with Crippen LogP contribution in [0.25, 0.3) is 0 Å². The Kier molecular flexibility index (Phi) is 8.04. The van der Waals surface area contributed by atoms with Crippen molar-refractivity contribution in [1.29, 1.82) is 0 Å². The molecule has 2 N–H and O–H groups in total. The standard InChI is InChI=1S/C20H33N3O3/c1-15(2)9-10-21-20(24)22-14-17(23-11-5-6-12-23)16-7-8-18(25-3)19(13-16)26-4/h7-8,13,15,17H,5-6,9-12,14H2,1-4H3,(H2,21,22,24). The van der Waals surface area contributed by atoms with Gasteiger partial charge >= 0.3 is 6.03 Å². The molecule has 146 valence electrons. The Morgan fingerprint density at radius 1 is 1.12 bits per heavy atom. The number of benzene rings is 1. The second-order valence-corrected chi connectivity index (χ2v) is 7.19. The van der Waals surface area contributed by atoms with Crippen molar-refractivity contribution in [3.05, 3.63) is 23.8 Å². The van der Waals surface area contributed by atoms with Gasteiger partial charge in [0.15, 0.2) is 11.5 Å². The summed E-state index contributed by atoms with van der Waals surface area (Å²) < 4.78 is 10.8. The molecule has 1 heterocycles. The number of likely N-dealkylation sites (tertiary alicyclic amines) is 1. The number of hydrogen-bond acceptors (Lipinski definition) is 4. The van der Waals surface area contributed by atoms with Crippen LogP contribution in [0.4, 0.5) is 4.79 Å². The third-order valence-electron chi connectivity index (χ3n) is 4.84. The van der Waals surface area contributed by atoms with Crippen molar-refractivity contribution < 1.29 is 14.3 Å². The van der Waals surface area contributed by atoms with E-state index < -0.39 is 0 Å². The molecule has 1 atom stereocenters. The average Bonchev–Trinajstić information content (AvgIpc) is 3.15. The first-order chi connectivity index (χ1) is 12.5. The number of hydrogen-bond donors (Lipinski definition) is 2. The lowest BCUT2D eigenvalue weighted by Gasteiger charge is -2.28. The molecule has 6 heteroatoms. The van der Waals surface area contributed by atoms with Crippen molar-refractivity contribution in [2.45, 2.75) is 39.2 Å². The molecule has 1 fully saturated rings. The molecule has 0 radical (unpaired) electrons. The highest BCUT2D eigenvalue weighted by Crippen LogP contribution is 2.33. The summed E-state index contributed by atoms with van der Waals surface area (Å²) in [6, 6.07) is 6.03. The highest BCUT2D eigenvalue weighted by molar-refractivity contribution is 5.73. The monoisotopic (exact) mass is 363 g/mol. The molecule has 1 aromatic rings. The van der Waals surface area contributed by atoms with Crippen LogP contribution in [0, 0.1) is 5.92 Å². The van der Waals surface area contributed by atoms with Gasteiger partial charge in [-0.2, -0.15) is 0 Å². The Hall–Kier alpha value is -1.95. The minimum absolute atomic E-state index is 0.102. The van der Waals surface area contributed by atoms with Gasteiger partial charge in [-0.15, -0.1) is 0 Å². The third-order valence-corrected chi connectivity index (χ3v) is 4.84. The molecule has 0 bridgehead atoms. The maximum absolute atomic E-state index is 12.1. The number of rotatable bonds is 9. The van der Waals surface area contributed by atoms with E-state index in [0.29, 0.717) is 19.0 Å². The van der Waals surface area contributed by atoms with Gasteiger partial charge in [-0.1, -0.05) is 19.9 Å². The third kappa shape index (κ3) is 5.80. The lowest BCUT2D eigenvalue weighted by atomic mass is 10.0.